The fraction of sp³-hybridized carbons (Fsp3) is 0.0714. The lowest BCUT2D eigenvalue weighted by Crippen LogP contribution is -2.03. The molecule has 0 atom stereocenters. The summed E-state index contributed by atoms with van der Waals surface area (Å²) in [6.45, 7) is 0. The van der Waals surface area contributed by atoms with Gasteiger partial charge in [-0.2, -0.15) is 0 Å². The molecule has 0 aliphatic rings. The van der Waals surface area contributed by atoms with E-state index in [4.69, 9.17) is 0 Å². The molecular formula is C14H10F2O. The van der Waals surface area contributed by atoms with Crippen molar-refractivity contribution < 1.29 is 13.6 Å². The molecule has 0 aliphatic carbocycles. The van der Waals surface area contributed by atoms with Crippen LogP contribution in [0.4, 0.5) is 8.78 Å². The lowest BCUT2D eigenvalue weighted by molar-refractivity contribution is 0.0992. The van der Waals surface area contributed by atoms with Crippen molar-refractivity contribution in [2.75, 3.05) is 0 Å². The SMILES string of the molecule is O=C(Cc1ccc(F)cc1)c1cccc(F)c1. The summed E-state index contributed by atoms with van der Waals surface area (Å²) in [4.78, 5) is 11.8. The summed E-state index contributed by atoms with van der Waals surface area (Å²) in [6.07, 6.45) is 0.143. The van der Waals surface area contributed by atoms with Crippen molar-refractivity contribution >= 4 is 5.78 Å². The molecule has 0 aliphatic heterocycles. The van der Waals surface area contributed by atoms with Gasteiger partial charge in [0, 0.05) is 12.0 Å². The summed E-state index contributed by atoms with van der Waals surface area (Å²) in [6, 6.07) is 11.2. The number of halogens is 2. The third kappa shape index (κ3) is 2.97. The van der Waals surface area contributed by atoms with Crippen molar-refractivity contribution in [3.05, 3.63) is 71.3 Å². The van der Waals surface area contributed by atoms with E-state index in [0.29, 0.717) is 11.1 Å². The molecular weight excluding hydrogens is 222 g/mol. The van der Waals surface area contributed by atoms with Crippen LogP contribution in [0.3, 0.4) is 0 Å². The minimum absolute atomic E-state index is 0.143. The van der Waals surface area contributed by atoms with Gasteiger partial charge in [0.1, 0.15) is 11.6 Å². The van der Waals surface area contributed by atoms with Gasteiger partial charge in [0.05, 0.1) is 0 Å². The van der Waals surface area contributed by atoms with Crippen molar-refractivity contribution in [2.45, 2.75) is 6.42 Å². The molecule has 0 saturated heterocycles. The second kappa shape index (κ2) is 4.87. The van der Waals surface area contributed by atoms with Gasteiger partial charge in [-0.05, 0) is 29.8 Å². The van der Waals surface area contributed by atoms with Gasteiger partial charge in [-0.3, -0.25) is 4.79 Å². The first-order valence-corrected chi connectivity index (χ1v) is 5.18. The van der Waals surface area contributed by atoms with Gasteiger partial charge in [0.2, 0.25) is 0 Å². The van der Waals surface area contributed by atoms with E-state index in [-0.39, 0.29) is 18.0 Å². The Bertz CT molecular complexity index is 532. The van der Waals surface area contributed by atoms with E-state index in [1.807, 2.05) is 0 Å². The van der Waals surface area contributed by atoms with Crippen LogP contribution in [0.25, 0.3) is 0 Å². The Hall–Kier alpha value is -2.03. The zero-order chi connectivity index (χ0) is 12.3. The van der Waals surface area contributed by atoms with Gasteiger partial charge in [0.15, 0.2) is 5.78 Å². The van der Waals surface area contributed by atoms with E-state index in [2.05, 4.69) is 0 Å². The quantitative estimate of drug-likeness (QED) is 0.741. The normalized spacial score (nSPS) is 10.2. The molecule has 1 nitrogen and oxygen atoms in total. The molecule has 2 aromatic rings. The number of hydrogen-bond donors (Lipinski definition) is 0. The maximum atomic E-state index is 12.9. The average Bonchev–Trinajstić information content (AvgIpc) is 2.32. The average molecular weight is 232 g/mol. The number of carbonyl (C=O) groups excluding carboxylic acids is 1. The lowest BCUT2D eigenvalue weighted by Gasteiger charge is -2.01. The molecule has 0 aromatic heterocycles. The Kier molecular flexibility index (Phi) is 3.28. The smallest absolute Gasteiger partial charge is 0.167 e. The van der Waals surface area contributed by atoms with Gasteiger partial charge in [0.25, 0.3) is 0 Å². The van der Waals surface area contributed by atoms with Crippen LogP contribution in [0.5, 0.6) is 0 Å². The van der Waals surface area contributed by atoms with Crippen molar-refractivity contribution in [3.63, 3.8) is 0 Å². The Morgan fingerprint density at radius 1 is 0.941 bits per heavy atom. The predicted molar refractivity (Wildman–Crippen MR) is 60.8 cm³/mol. The van der Waals surface area contributed by atoms with Crippen LogP contribution in [0, 0.1) is 11.6 Å². The fourth-order valence-electron chi connectivity index (χ4n) is 1.55. The number of ketones is 1. The molecule has 0 unspecified atom stereocenters. The van der Waals surface area contributed by atoms with E-state index in [1.54, 1.807) is 18.2 Å². The highest BCUT2D eigenvalue weighted by atomic mass is 19.1. The molecule has 17 heavy (non-hydrogen) atoms. The van der Waals surface area contributed by atoms with Crippen LogP contribution in [-0.2, 0) is 6.42 Å². The summed E-state index contributed by atoms with van der Waals surface area (Å²) in [5.41, 5.74) is 1.04. The summed E-state index contributed by atoms with van der Waals surface area (Å²) in [7, 11) is 0. The molecule has 3 heteroatoms. The predicted octanol–water partition coefficient (Wildman–Crippen LogP) is 3.39. The van der Waals surface area contributed by atoms with E-state index < -0.39 is 5.82 Å². The molecule has 0 saturated carbocycles. The van der Waals surface area contributed by atoms with Crippen LogP contribution in [0.1, 0.15) is 15.9 Å². The monoisotopic (exact) mass is 232 g/mol. The fourth-order valence-corrected chi connectivity index (χ4v) is 1.55. The summed E-state index contributed by atoms with van der Waals surface area (Å²) < 4.78 is 25.6. The first-order chi connectivity index (χ1) is 8.15. The molecule has 86 valence electrons. The second-order valence-electron chi connectivity index (χ2n) is 3.74. The number of carbonyl (C=O) groups is 1. The highest BCUT2D eigenvalue weighted by Crippen LogP contribution is 2.10. The molecule has 0 N–H and O–H groups in total. The standard InChI is InChI=1S/C14H10F2O/c15-12-6-4-10(5-7-12)8-14(17)11-2-1-3-13(16)9-11/h1-7,9H,8H2. The van der Waals surface area contributed by atoms with Crippen molar-refractivity contribution in [1.29, 1.82) is 0 Å². The molecule has 0 bridgehead atoms. The molecule has 0 fully saturated rings. The highest BCUT2D eigenvalue weighted by Gasteiger charge is 2.07. The van der Waals surface area contributed by atoms with Crippen molar-refractivity contribution in [2.24, 2.45) is 0 Å². The topological polar surface area (TPSA) is 17.1 Å². The zero-order valence-electron chi connectivity index (χ0n) is 8.99. The minimum atomic E-state index is -0.435. The second-order valence-corrected chi connectivity index (χ2v) is 3.74. The van der Waals surface area contributed by atoms with E-state index in [9.17, 15) is 13.6 Å². The number of rotatable bonds is 3. The summed E-state index contributed by atoms with van der Waals surface area (Å²) >= 11 is 0. The Morgan fingerprint density at radius 2 is 1.65 bits per heavy atom. The van der Waals surface area contributed by atoms with E-state index in [0.717, 1.165) is 0 Å². The van der Waals surface area contributed by atoms with Crippen LogP contribution in [0.15, 0.2) is 48.5 Å². The maximum absolute atomic E-state index is 12.9. The first-order valence-electron chi connectivity index (χ1n) is 5.18. The Labute approximate surface area is 97.7 Å². The summed E-state index contributed by atoms with van der Waals surface area (Å²) in [5, 5.41) is 0. The van der Waals surface area contributed by atoms with Crippen molar-refractivity contribution in [1.82, 2.24) is 0 Å². The number of Topliss-reactive ketones (excluding diaryl/α,β-unsaturated/α-hetero) is 1. The van der Waals surface area contributed by atoms with Gasteiger partial charge >= 0.3 is 0 Å². The van der Waals surface area contributed by atoms with Crippen LogP contribution < -0.4 is 0 Å². The van der Waals surface area contributed by atoms with Gasteiger partial charge in [-0.25, -0.2) is 8.78 Å². The van der Waals surface area contributed by atoms with E-state index in [1.165, 1.54) is 30.3 Å². The third-order valence-electron chi connectivity index (χ3n) is 2.42. The minimum Gasteiger partial charge on any atom is -0.294 e. The first kappa shape index (κ1) is 11.5. The Balaban J connectivity index is 2.14. The van der Waals surface area contributed by atoms with Gasteiger partial charge in [-0.15, -0.1) is 0 Å². The summed E-state index contributed by atoms with van der Waals surface area (Å²) in [5.74, 6) is -0.960. The molecule has 0 heterocycles. The molecule has 2 rings (SSSR count). The third-order valence-corrected chi connectivity index (χ3v) is 2.42. The van der Waals surface area contributed by atoms with E-state index >= 15 is 0 Å². The lowest BCUT2D eigenvalue weighted by atomic mass is 10.0. The largest absolute Gasteiger partial charge is 0.294 e. The number of benzene rings is 2. The number of hydrogen-bond acceptors (Lipinski definition) is 1. The molecule has 0 spiro atoms. The van der Waals surface area contributed by atoms with Crippen molar-refractivity contribution in [3.8, 4) is 0 Å². The molecule has 2 aromatic carbocycles. The highest BCUT2D eigenvalue weighted by molar-refractivity contribution is 5.97. The molecule has 0 radical (unpaired) electrons. The Morgan fingerprint density at radius 3 is 2.29 bits per heavy atom. The van der Waals surface area contributed by atoms with Gasteiger partial charge < -0.3 is 0 Å². The van der Waals surface area contributed by atoms with Crippen LogP contribution in [0.2, 0.25) is 0 Å². The zero-order valence-corrected chi connectivity index (χ0v) is 8.99. The maximum Gasteiger partial charge on any atom is 0.167 e. The van der Waals surface area contributed by atoms with Crippen LogP contribution in [-0.4, -0.2) is 5.78 Å². The molecule has 0 amide bonds. The van der Waals surface area contributed by atoms with Gasteiger partial charge in [-0.1, -0.05) is 24.3 Å². The van der Waals surface area contributed by atoms with Crippen LogP contribution >= 0.6 is 0 Å².